The third-order valence-electron chi connectivity index (χ3n) is 1.99. The Balaban J connectivity index is 4.93. The Morgan fingerprint density at radius 3 is 2.06 bits per heavy atom. The summed E-state index contributed by atoms with van der Waals surface area (Å²) in [5.41, 5.74) is 4.69. The molecule has 6 heteroatoms. The lowest BCUT2D eigenvalue weighted by Gasteiger charge is -2.25. The summed E-state index contributed by atoms with van der Waals surface area (Å²) in [5.74, 6) is -3.54. The summed E-state index contributed by atoms with van der Waals surface area (Å²) in [4.78, 5) is 34.2. The van der Waals surface area contributed by atoms with Crippen LogP contribution in [0.4, 0.5) is 0 Å². The Morgan fingerprint density at radius 1 is 1.29 bits per heavy atom. The van der Waals surface area contributed by atoms with Crippen molar-refractivity contribution in [2.75, 3.05) is 6.61 Å². The smallest absolute Gasteiger partial charge is 0.319 e. The monoisotopic (exact) mass is 245 g/mol. The number of aliphatic hydroxyl groups excluding tert-OH is 1. The number of aliphatic hydroxyl groups is 1. The summed E-state index contributed by atoms with van der Waals surface area (Å²) in [6.45, 7) is 5.26. The second-order valence-electron chi connectivity index (χ2n) is 4.77. The summed E-state index contributed by atoms with van der Waals surface area (Å²) in [6, 6.07) is -1.37. The van der Waals surface area contributed by atoms with Gasteiger partial charge in [-0.1, -0.05) is 0 Å². The fourth-order valence-electron chi connectivity index (χ4n) is 1.22. The number of carbonyl (C=O) groups excluding carboxylic acids is 3. The molecule has 17 heavy (non-hydrogen) atoms. The van der Waals surface area contributed by atoms with E-state index in [0.29, 0.717) is 0 Å². The van der Waals surface area contributed by atoms with Crippen LogP contribution in [0, 0.1) is 5.92 Å². The first-order valence-electron chi connectivity index (χ1n) is 5.22. The number of ketones is 2. The van der Waals surface area contributed by atoms with Gasteiger partial charge in [0.25, 0.3) is 0 Å². The molecule has 6 nitrogen and oxygen atoms in total. The normalized spacial score (nSPS) is 14.9. The zero-order valence-electron chi connectivity index (χ0n) is 10.5. The minimum absolute atomic E-state index is 0.562. The Morgan fingerprint density at radius 2 is 1.76 bits per heavy atom. The van der Waals surface area contributed by atoms with E-state index in [4.69, 9.17) is 15.6 Å². The predicted octanol–water partition coefficient (Wildman–Crippen LogP) is -0.578. The molecule has 98 valence electrons. The van der Waals surface area contributed by atoms with Crippen LogP contribution in [0.2, 0.25) is 0 Å². The predicted molar refractivity (Wildman–Crippen MR) is 60.1 cm³/mol. The molecule has 3 N–H and O–H groups in total. The van der Waals surface area contributed by atoms with Crippen LogP contribution in [-0.2, 0) is 19.1 Å². The number of Topliss-reactive ketones (excluding diaryl/α,β-unsaturated/α-hetero) is 2. The second-order valence-corrected chi connectivity index (χ2v) is 4.77. The van der Waals surface area contributed by atoms with Crippen LogP contribution in [0.15, 0.2) is 0 Å². The molecule has 0 rings (SSSR count). The second kappa shape index (κ2) is 5.88. The van der Waals surface area contributed by atoms with E-state index >= 15 is 0 Å². The minimum Gasteiger partial charge on any atom is -0.459 e. The van der Waals surface area contributed by atoms with E-state index in [9.17, 15) is 14.4 Å². The highest BCUT2D eigenvalue weighted by Gasteiger charge is 2.37. The van der Waals surface area contributed by atoms with Crippen LogP contribution in [-0.4, -0.2) is 40.9 Å². The zero-order chi connectivity index (χ0) is 13.8. The molecular weight excluding hydrogens is 226 g/mol. The van der Waals surface area contributed by atoms with Gasteiger partial charge in [-0.3, -0.25) is 14.4 Å². The maximum atomic E-state index is 11.7. The van der Waals surface area contributed by atoms with E-state index in [1.807, 2.05) is 0 Å². The van der Waals surface area contributed by atoms with Gasteiger partial charge in [-0.2, -0.15) is 0 Å². The molecule has 0 aromatic carbocycles. The number of hydrogen-bond donors (Lipinski definition) is 2. The third-order valence-corrected chi connectivity index (χ3v) is 1.99. The van der Waals surface area contributed by atoms with Gasteiger partial charge in [0.15, 0.2) is 5.78 Å². The third kappa shape index (κ3) is 5.06. The van der Waals surface area contributed by atoms with Gasteiger partial charge in [0, 0.05) is 0 Å². The van der Waals surface area contributed by atoms with Crippen molar-refractivity contribution in [2.45, 2.75) is 39.3 Å². The summed E-state index contributed by atoms with van der Waals surface area (Å²) in [5, 5.41) is 8.66. The number of rotatable bonds is 5. The quantitative estimate of drug-likeness (QED) is 0.496. The number of hydrogen-bond acceptors (Lipinski definition) is 6. The van der Waals surface area contributed by atoms with Gasteiger partial charge >= 0.3 is 5.97 Å². The molecule has 2 atom stereocenters. The molecule has 0 aliphatic heterocycles. The van der Waals surface area contributed by atoms with Crippen molar-refractivity contribution in [1.29, 1.82) is 0 Å². The highest BCUT2D eigenvalue weighted by atomic mass is 16.6. The highest BCUT2D eigenvalue weighted by Crippen LogP contribution is 2.14. The molecule has 0 spiro atoms. The van der Waals surface area contributed by atoms with E-state index in [1.165, 1.54) is 0 Å². The molecule has 0 amide bonds. The first-order valence-corrected chi connectivity index (χ1v) is 5.22. The minimum atomic E-state index is -1.37. The van der Waals surface area contributed by atoms with Crippen molar-refractivity contribution in [3.8, 4) is 0 Å². The lowest BCUT2D eigenvalue weighted by Crippen LogP contribution is -2.48. The lowest BCUT2D eigenvalue weighted by molar-refractivity contribution is -0.163. The van der Waals surface area contributed by atoms with E-state index in [-0.39, 0.29) is 0 Å². The van der Waals surface area contributed by atoms with Crippen molar-refractivity contribution in [3.63, 3.8) is 0 Å². The van der Waals surface area contributed by atoms with E-state index in [2.05, 4.69) is 0 Å². The van der Waals surface area contributed by atoms with Crippen LogP contribution in [0.5, 0.6) is 0 Å². The van der Waals surface area contributed by atoms with Crippen LogP contribution < -0.4 is 5.73 Å². The highest BCUT2D eigenvalue weighted by molar-refractivity contribution is 6.04. The molecule has 0 fully saturated rings. The van der Waals surface area contributed by atoms with Crippen molar-refractivity contribution in [3.05, 3.63) is 0 Å². The molecule has 1 unspecified atom stereocenters. The molecule has 0 aromatic rings. The van der Waals surface area contributed by atoms with Gasteiger partial charge in [0.1, 0.15) is 23.9 Å². The van der Waals surface area contributed by atoms with Crippen LogP contribution >= 0.6 is 0 Å². The lowest BCUT2D eigenvalue weighted by atomic mass is 9.93. The van der Waals surface area contributed by atoms with Gasteiger partial charge in [-0.15, -0.1) is 0 Å². The van der Waals surface area contributed by atoms with Gasteiger partial charge < -0.3 is 15.6 Å². The average molecular weight is 245 g/mol. The first kappa shape index (κ1) is 15.7. The van der Waals surface area contributed by atoms with Crippen molar-refractivity contribution in [1.82, 2.24) is 0 Å². The average Bonchev–Trinajstić information content (AvgIpc) is 2.12. The van der Waals surface area contributed by atoms with E-state index in [0.717, 1.165) is 6.92 Å². The molecule has 0 saturated carbocycles. The van der Waals surface area contributed by atoms with Crippen molar-refractivity contribution in [2.24, 2.45) is 11.7 Å². The first-order chi connectivity index (χ1) is 7.60. The summed E-state index contributed by atoms with van der Waals surface area (Å²) >= 11 is 0. The standard InChI is InChI=1S/C11H19NO5/c1-6(14)8(9(12)7(15)5-13)10(16)17-11(2,3)4/h8-9,13H,5,12H2,1-4H3/t8?,9-/m1/s1. The molecule has 0 heterocycles. The number of carbonyl (C=O) groups is 3. The number of ether oxygens (including phenoxy) is 1. The molecular formula is C11H19NO5. The fraction of sp³-hybridized carbons (Fsp3) is 0.727. The molecule has 0 bridgehead atoms. The fourth-order valence-corrected chi connectivity index (χ4v) is 1.22. The summed E-state index contributed by atoms with van der Waals surface area (Å²) in [7, 11) is 0. The molecule has 0 aliphatic rings. The van der Waals surface area contributed by atoms with Crippen LogP contribution in [0.25, 0.3) is 0 Å². The van der Waals surface area contributed by atoms with Crippen LogP contribution in [0.3, 0.4) is 0 Å². The van der Waals surface area contributed by atoms with E-state index in [1.54, 1.807) is 20.8 Å². The Bertz CT molecular complexity index is 318. The largest absolute Gasteiger partial charge is 0.459 e. The Kier molecular flexibility index (Phi) is 5.44. The van der Waals surface area contributed by atoms with Crippen LogP contribution in [0.1, 0.15) is 27.7 Å². The SMILES string of the molecule is CC(=O)C(C(=O)OC(C)(C)C)[C@H](N)C(=O)CO. The maximum absolute atomic E-state index is 11.7. The van der Waals surface area contributed by atoms with E-state index < -0.39 is 41.7 Å². The zero-order valence-corrected chi connectivity index (χ0v) is 10.5. The van der Waals surface area contributed by atoms with Gasteiger partial charge in [-0.25, -0.2) is 0 Å². The van der Waals surface area contributed by atoms with Crippen molar-refractivity contribution < 1.29 is 24.2 Å². The van der Waals surface area contributed by atoms with Gasteiger partial charge in [0.2, 0.25) is 0 Å². The van der Waals surface area contributed by atoms with Gasteiger partial charge in [0.05, 0.1) is 6.04 Å². The summed E-state index contributed by atoms with van der Waals surface area (Å²) in [6.07, 6.45) is 0. The topological polar surface area (TPSA) is 107 Å². The maximum Gasteiger partial charge on any atom is 0.319 e. The Labute approximate surface area is 100 Å². The molecule has 0 aliphatic carbocycles. The van der Waals surface area contributed by atoms with Crippen molar-refractivity contribution >= 4 is 17.5 Å². The number of nitrogens with two attached hydrogens (primary N) is 1. The Hall–Kier alpha value is -1.27. The van der Waals surface area contributed by atoms with Gasteiger partial charge in [-0.05, 0) is 27.7 Å². The molecule has 0 radical (unpaired) electrons. The number of esters is 1. The molecule has 0 saturated heterocycles. The summed E-state index contributed by atoms with van der Waals surface area (Å²) < 4.78 is 5.00. The molecule has 0 aromatic heterocycles.